The van der Waals surface area contributed by atoms with Gasteiger partial charge in [-0.3, -0.25) is 4.79 Å². The second-order valence-corrected chi connectivity index (χ2v) is 12.0. The predicted molar refractivity (Wildman–Crippen MR) is 115 cm³/mol. The molecule has 0 spiro atoms. The highest BCUT2D eigenvalue weighted by molar-refractivity contribution is 9.11. The molecule has 0 radical (unpaired) electrons. The van der Waals surface area contributed by atoms with E-state index >= 15 is 0 Å². The first-order valence-electron chi connectivity index (χ1n) is 8.65. The van der Waals surface area contributed by atoms with Gasteiger partial charge in [0, 0.05) is 22.6 Å². The summed E-state index contributed by atoms with van der Waals surface area (Å²) in [5.41, 5.74) is 0.792. The van der Waals surface area contributed by atoms with E-state index in [0.717, 1.165) is 39.6 Å². The van der Waals surface area contributed by atoms with Gasteiger partial charge in [-0.25, -0.2) is 13.1 Å². The minimum Gasteiger partial charge on any atom is -0.326 e. The number of halogens is 2. The molecule has 5 nitrogen and oxygen atoms in total. The van der Waals surface area contributed by atoms with E-state index in [1.165, 1.54) is 11.3 Å². The van der Waals surface area contributed by atoms with Crippen molar-refractivity contribution in [3.8, 4) is 0 Å². The zero-order valence-corrected chi connectivity index (χ0v) is 19.3. The lowest BCUT2D eigenvalue weighted by molar-refractivity contribution is -0.121. The average Bonchev–Trinajstić information content (AvgIpc) is 3.10. The minimum atomic E-state index is -3.46. The average molecular weight is 536 g/mol. The smallest absolute Gasteiger partial charge is 0.250 e. The van der Waals surface area contributed by atoms with Crippen LogP contribution in [-0.4, -0.2) is 20.9 Å². The van der Waals surface area contributed by atoms with Crippen molar-refractivity contribution in [2.24, 2.45) is 11.8 Å². The van der Waals surface area contributed by atoms with E-state index in [0.29, 0.717) is 10.8 Å². The maximum atomic E-state index is 12.4. The third-order valence-corrected chi connectivity index (χ3v) is 8.77. The topological polar surface area (TPSA) is 75.3 Å². The molecule has 0 unspecified atom stereocenters. The predicted octanol–water partition coefficient (Wildman–Crippen LogP) is 5.00. The Bertz CT molecular complexity index is 890. The second kappa shape index (κ2) is 9.17. The molecule has 27 heavy (non-hydrogen) atoms. The summed E-state index contributed by atoms with van der Waals surface area (Å²) in [5.74, 6) is 0.287. The Hall–Kier alpha value is -0.740. The van der Waals surface area contributed by atoms with Gasteiger partial charge < -0.3 is 5.32 Å². The van der Waals surface area contributed by atoms with Crippen LogP contribution in [0.2, 0.25) is 0 Å². The number of amides is 1. The van der Waals surface area contributed by atoms with Gasteiger partial charge in [-0.1, -0.05) is 15.9 Å². The Morgan fingerprint density at radius 1 is 1.04 bits per heavy atom. The van der Waals surface area contributed by atoms with E-state index in [4.69, 9.17) is 0 Å². The summed E-state index contributed by atoms with van der Waals surface area (Å²) in [4.78, 5) is 12.4. The zero-order chi connectivity index (χ0) is 19.4. The van der Waals surface area contributed by atoms with E-state index in [1.807, 2.05) is 24.3 Å². The van der Waals surface area contributed by atoms with Gasteiger partial charge in [0.25, 0.3) is 0 Å². The molecule has 146 valence electrons. The number of carbonyl (C=O) groups is 1. The lowest BCUT2D eigenvalue weighted by Gasteiger charge is -2.27. The molecule has 1 aromatic heterocycles. The van der Waals surface area contributed by atoms with Crippen molar-refractivity contribution in [3.05, 3.63) is 44.7 Å². The van der Waals surface area contributed by atoms with E-state index in [-0.39, 0.29) is 17.7 Å². The number of benzene rings is 1. The number of carbonyl (C=O) groups excluding carboxylic acids is 1. The Morgan fingerprint density at radius 3 is 2.30 bits per heavy atom. The molecule has 0 aliphatic heterocycles. The number of anilines is 1. The van der Waals surface area contributed by atoms with Crippen LogP contribution in [0.15, 0.2) is 48.9 Å². The normalized spacial score (nSPS) is 20.4. The van der Waals surface area contributed by atoms with Crippen LogP contribution in [0, 0.1) is 11.8 Å². The third-order valence-electron chi connectivity index (χ3n) is 4.70. The molecule has 1 fully saturated rings. The molecule has 1 amide bonds. The number of sulfonamides is 1. The van der Waals surface area contributed by atoms with Crippen LogP contribution in [0.3, 0.4) is 0 Å². The molecular formula is C18H20Br2N2O3S2. The van der Waals surface area contributed by atoms with Crippen molar-refractivity contribution in [1.29, 1.82) is 0 Å². The first-order chi connectivity index (χ1) is 12.8. The highest BCUT2D eigenvalue weighted by atomic mass is 79.9. The molecule has 1 heterocycles. The van der Waals surface area contributed by atoms with E-state index in [2.05, 4.69) is 41.9 Å². The van der Waals surface area contributed by atoms with Gasteiger partial charge in [0.1, 0.15) is 4.21 Å². The lowest BCUT2D eigenvalue weighted by Crippen LogP contribution is -2.33. The number of thiophene rings is 1. The third kappa shape index (κ3) is 5.87. The van der Waals surface area contributed by atoms with Gasteiger partial charge in [-0.05, 0) is 83.9 Å². The number of hydrogen-bond donors (Lipinski definition) is 2. The number of nitrogens with one attached hydrogen (secondary N) is 2. The van der Waals surface area contributed by atoms with Crippen LogP contribution in [0.4, 0.5) is 5.69 Å². The molecule has 0 bridgehead atoms. The van der Waals surface area contributed by atoms with Gasteiger partial charge in [-0.2, -0.15) is 0 Å². The molecule has 3 rings (SSSR count). The first-order valence-corrected chi connectivity index (χ1v) is 12.5. The summed E-state index contributed by atoms with van der Waals surface area (Å²) in [6.07, 6.45) is 3.24. The van der Waals surface area contributed by atoms with E-state index in [1.54, 1.807) is 12.1 Å². The number of rotatable bonds is 6. The van der Waals surface area contributed by atoms with Crippen LogP contribution in [0.5, 0.6) is 0 Å². The minimum absolute atomic E-state index is 0.0187. The second-order valence-electron chi connectivity index (χ2n) is 6.62. The van der Waals surface area contributed by atoms with Gasteiger partial charge in [0.05, 0.1) is 3.79 Å². The van der Waals surface area contributed by atoms with E-state index in [9.17, 15) is 13.2 Å². The van der Waals surface area contributed by atoms with Crippen molar-refractivity contribution in [3.63, 3.8) is 0 Å². The molecule has 9 heteroatoms. The Kier molecular flexibility index (Phi) is 7.13. The van der Waals surface area contributed by atoms with Gasteiger partial charge in [0.15, 0.2) is 0 Å². The molecule has 1 aliphatic rings. The molecule has 2 N–H and O–H groups in total. The molecule has 0 atom stereocenters. The van der Waals surface area contributed by atoms with Crippen LogP contribution in [-0.2, 0) is 14.8 Å². The number of hydrogen-bond acceptors (Lipinski definition) is 4. The molecule has 1 aliphatic carbocycles. The van der Waals surface area contributed by atoms with Crippen molar-refractivity contribution < 1.29 is 13.2 Å². The molecule has 2 aromatic rings. The van der Waals surface area contributed by atoms with Gasteiger partial charge in [0.2, 0.25) is 15.9 Å². The summed E-state index contributed by atoms with van der Waals surface area (Å²) in [6.45, 7) is 0.416. The van der Waals surface area contributed by atoms with Crippen LogP contribution < -0.4 is 10.0 Å². The van der Waals surface area contributed by atoms with Crippen molar-refractivity contribution in [2.75, 3.05) is 11.9 Å². The highest BCUT2D eigenvalue weighted by Gasteiger charge is 2.27. The molecule has 1 aromatic carbocycles. The fourth-order valence-corrected chi connectivity index (χ4v) is 6.58. The fraction of sp³-hybridized carbons (Fsp3) is 0.389. The van der Waals surface area contributed by atoms with Crippen molar-refractivity contribution >= 4 is 64.8 Å². The summed E-state index contributed by atoms with van der Waals surface area (Å²) in [6, 6.07) is 10.8. The van der Waals surface area contributed by atoms with Crippen LogP contribution >= 0.6 is 43.2 Å². The summed E-state index contributed by atoms with van der Waals surface area (Å²) in [5, 5.41) is 2.96. The maximum absolute atomic E-state index is 12.4. The van der Waals surface area contributed by atoms with Gasteiger partial charge in [-0.15, -0.1) is 11.3 Å². The van der Waals surface area contributed by atoms with Crippen LogP contribution in [0.25, 0.3) is 0 Å². The Labute approximate surface area is 180 Å². The fourth-order valence-electron chi connectivity index (χ4n) is 3.15. The highest BCUT2D eigenvalue weighted by Crippen LogP contribution is 2.30. The summed E-state index contributed by atoms with van der Waals surface area (Å²) < 4.78 is 29.4. The first kappa shape index (κ1) is 21.0. The zero-order valence-electron chi connectivity index (χ0n) is 14.5. The van der Waals surface area contributed by atoms with Crippen molar-refractivity contribution in [1.82, 2.24) is 4.72 Å². The van der Waals surface area contributed by atoms with E-state index < -0.39 is 10.0 Å². The lowest BCUT2D eigenvalue weighted by atomic mass is 9.81. The summed E-state index contributed by atoms with van der Waals surface area (Å²) >= 11 is 7.86. The molecular weight excluding hydrogens is 516 g/mol. The molecule has 0 saturated heterocycles. The monoisotopic (exact) mass is 534 g/mol. The molecule has 1 saturated carbocycles. The largest absolute Gasteiger partial charge is 0.326 e. The quantitative estimate of drug-likeness (QED) is 0.546. The standard InChI is InChI=1S/C18H20Br2N2O3S2/c19-14-5-7-15(8-6-14)22-18(23)13-3-1-12(2-4-13)11-21-27(24,25)17-10-9-16(20)26-17/h5-10,12-13,21H,1-4,11H2,(H,22,23). The van der Waals surface area contributed by atoms with Gasteiger partial charge >= 0.3 is 0 Å². The van der Waals surface area contributed by atoms with Crippen molar-refractivity contribution in [2.45, 2.75) is 29.9 Å². The SMILES string of the molecule is O=C(Nc1ccc(Br)cc1)C1CCC(CNS(=O)(=O)c2ccc(Br)s2)CC1. The van der Waals surface area contributed by atoms with Crippen LogP contribution in [0.1, 0.15) is 25.7 Å². The Balaban J connectivity index is 1.46. The Morgan fingerprint density at radius 2 is 1.70 bits per heavy atom. The maximum Gasteiger partial charge on any atom is 0.250 e. The summed E-state index contributed by atoms with van der Waals surface area (Å²) in [7, 11) is -3.46.